The van der Waals surface area contributed by atoms with Crippen LogP contribution in [0, 0.1) is 0 Å². The van der Waals surface area contributed by atoms with Crippen LogP contribution in [0.15, 0.2) is 48.8 Å². The van der Waals surface area contributed by atoms with Crippen molar-refractivity contribution in [3.05, 3.63) is 59.9 Å². The Kier molecular flexibility index (Phi) is 5.41. The second-order valence-corrected chi connectivity index (χ2v) is 5.88. The summed E-state index contributed by atoms with van der Waals surface area (Å²) < 4.78 is 0. The van der Waals surface area contributed by atoms with Gasteiger partial charge >= 0.3 is 6.03 Å². The average Bonchev–Trinajstić information content (AvgIpc) is 2.98. The highest BCUT2D eigenvalue weighted by Gasteiger charge is 2.27. The number of hydrogen-bond donors (Lipinski definition) is 3. The molecule has 1 aliphatic rings. The maximum Gasteiger partial charge on any atom is 0.325 e. The molecule has 3 rings (SSSR count). The average molecular weight is 367 g/mol. The van der Waals surface area contributed by atoms with Gasteiger partial charge in [0, 0.05) is 24.6 Å². The van der Waals surface area contributed by atoms with E-state index in [-0.39, 0.29) is 31.4 Å². The molecule has 9 nitrogen and oxygen atoms in total. The standard InChI is InChI=1S/C18H17N5O4/c24-15(10-23-11-16(25)22-18(23)27)20-8-12-3-5-14(6-4-12)21-17(26)13-2-1-7-19-9-13/h1-7,9H,8,10-11H2,(H,20,24)(H,21,26)(H,22,25,27). The zero-order valence-electron chi connectivity index (χ0n) is 14.3. The Bertz CT molecular complexity index is 867. The van der Waals surface area contributed by atoms with Gasteiger partial charge in [0.1, 0.15) is 13.1 Å². The van der Waals surface area contributed by atoms with E-state index >= 15 is 0 Å². The van der Waals surface area contributed by atoms with E-state index in [1.807, 2.05) is 0 Å². The fourth-order valence-corrected chi connectivity index (χ4v) is 2.45. The number of rotatable bonds is 6. The Morgan fingerprint density at radius 2 is 1.93 bits per heavy atom. The lowest BCUT2D eigenvalue weighted by atomic mass is 10.2. The molecule has 1 aromatic heterocycles. The van der Waals surface area contributed by atoms with Crippen LogP contribution in [0.4, 0.5) is 10.5 Å². The number of benzene rings is 1. The van der Waals surface area contributed by atoms with Crippen LogP contribution in [-0.2, 0) is 16.1 Å². The number of nitrogens with one attached hydrogen (secondary N) is 3. The van der Waals surface area contributed by atoms with E-state index < -0.39 is 11.9 Å². The van der Waals surface area contributed by atoms with Gasteiger partial charge in [-0.3, -0.25) is 24.7 Å². The molecule has 1 fully saturated rings. The molecule has 0 atom stereocenters. The zero-order valence-corrected chi connectivity index (χ0v) is 14.3. The zero-order chi connectivity index (χ0) is 19.2. The SMILES string of the molecule is O=C(CN1CC(=O)NC1=O)NCc1ccc(NC(=O)c2cccnc2)cc1. The molecule has 1 saturated heterocycles. The lowest BCUT2D eigenvalue weighted by Gasteiger charge is -2.13. The van der Waals surface area contributed by atoms with Crippen molar-refractivity contribution < 1.29 is 19.2 Å². The number of pyridine rings is 1. The minimum absolute atomic E-state index is 0.114. The van der Waals surface area contributed by atoms with Crippen LogP contribution in [0.2, 0.25) is 0 Å². The lowest BCUT2D eigenvalue weighted by Crippen LogP contribution is -2.38. The number of anilines is 1. The minimum atomic E-state index is -0.566. The van der Waals surface area contributed by atoms with Crippen molar-refractivity contribution in [1.29, 1.82) is 0 Å². The highest BCUT2D eigenvalue weighted by molar-refractivity contribution is 6.04. The molecule has 1 aromatic carbocycles. The van der Waals surface area contributed by atoms with Crippen molar-refractivity contribution >= 4 is 29.4 Å². The Balaban J connectivity index is 1.47. The molecule has 27 heavy (non-hydrogen) atoms. The molecule has 138 valence electrons. The third-order valence-corrected chi connectivity index (χ3v) is 3.83. The molecule has 0 saturated carbocycles. The van der Waals surface area contributed by atoms with Gasteiger partial charge in [-0.2, -0.15) is 0 Å². The summed E-state index contributed by atoms with van der Waals surface area (Å²) in [6.45, 7) is -0.0342. The smallest absolute Gasteiger partial charge is 0.325 e. The topological polar surface area (TPSA) is 121 Å². The summed E-state index contributed by atoms with van der Waals surface area (Å²) in [5.41, 5.74) is 1.90. The van der Waals surface area contributed by atoms with Crippen LogP contribution in [0.5, 0.6) is 0 Å². The van der Waals surface area contributed by atoms with Crippen molar-refractivity contribution in [2.45, 2.75) is 6.54 Å². The number of hydrogen-bond acceptors (Lipinski definition) is 5. The summed E-state index contributed by atoms with van der Waals surface area (Å²) in [7, 11) is 0. The first-order valence-corrected chi connectivity index (χ1v) is 8.17. The lowest BCUT2D eigenvalue weighted by molar-refractivity contribution is -0.122. The maximum absolute atomic E-state index is 12.1. The summed E-state index contributed by atoms with van der Waals surface area (Å²) in [4.78, 5) is 51.5. The van der Waals surface area contributed by atoms with Gasteiger partial charge in [0.25, 0.3) is 5.91 Å². The summed E-state index contributed by atoms with van der Waals surface area (Å²) >= 11 is 0. The van der Waals surface area contributed by atoms with Crippen LogP contribution in [0.25, 0.3) is 0 Å². The molecule has 5 amide bonds. The number of carbonyl (C=O) groups is 4. The summed E-state index contributed by atoms with van der Waals surface area (Å²) in [6.07, 6.45) is 3.07. The Morgan fingerprint density at radius 1 is 1.15 bits per heavy atom. The highest BCUT2D eigenvalue weighted by Crippen LogP contribution is 2.11. The van der Waals surface area contributed by atoms with Crippen molar-refractivity contribution in [1.82, 2.24) is 20.5 Å². The van der Waals surface area contributed by atoms with Crippen molar-refractivity contribution in [3.63, 3.8) is 0 Å². The van der Waals surface area contributed by atoms with Gasteiger partial charge in [-0.25, -0.2) is 4.79 Å². The monoisotopic (exact) mass is 367 g/mol. The molecule has 2 aromatic rings. The highest BCUT2D eigenvalue weighted by atomic mass is 16.2. The fraction of sp³-hybridized carbons (Fsp3) is 0.167. The van der Waals surface area contributed by atoms with Crippen LogP contribution < -0.4 is 16.0 Å². The largest absolute Gasteiger partial charge is 0.350 e. The molecule has 3 N–H and O–H groups in total. The Labute approximate surface area is 154 Å². The Hall–Kier alpha value is -3.75. The first-order chi connectivity index (χ1) is 13.0. The molecule has 0 aliphatic carbocycles. The van der Waals surface area contributed by atoms with E-state index in [4.69, 9.17) is 0 Å². The Morgan fingerprint density at radius 3 is 2.56 bits per heavy atom. The van der Waals surface area contributed by atoms with Gasteiger partial charge in [0.2, 0.25) is 11.8 Å². The van der Waals surface area contributed by atoms with Gasteiger partial charge in [-0.1, -0.05) is 12.1 Å². The predicted octanol–water partition coefficient (Wildman–Crippen LogP) is 0.502. The van der Waals surface area contributed by atoms with Crippen molar-refractivity contribution in [2.75, 3.05) is 18.4 Å². The van der Waals surface area contributed by atoms with E-state index in [1.165, 1.54) is 6.20 Å². The minimum Gasteiger partial charge on any atom is -0.350 e. The van der Waals surface area contributed by atoms with E-state index in [0.717, 1.165) is 10.5 Å². The summed E-state index contributed by atoms with van der Waals surface area (Å²) in [5.74, 6) is -1.05. The fourth-order valence-electron chi connectivity index (χ4n) is 2.45. The van der Waals surface area contributed by atoms with Gasteiger partial charge in [0.15, 0.2) is 0 Å². The van der Waals surface area contributed by atoms with Gasteiger partial charge < -0.3 is 15.5 Å². The normalized spacial score (nSPS) is 13.3. The molecular weight excluding hydrogens is 350 g/mol. The third-order valence-electron chi connectivity index (χ3n) is 3.83. The van der Waals surface area contributed by atoms with Crippen LogP contribution >= 0.6 is 0 Å². The van der Waals surface area contributed by atoms with E-state index in [0.29, 0.717) is 11.3 Å². The number of aromatic nitrogens is 1. The molecule has 2 heterocycles. The van der Waals surface area contributed by atoms with E-state index in [1.54, 1.807) is 42.6 Å². The van der Waals surface area contributed by atoms with Gasteiger partial charge in [0.05, 0.1) is 5.56 Å². The van der Waals surface area contributed by atoms with Crippen LogP contribution in [0.3, 0.4) is 0 Å². The summed E-state index contributed by atoms with van der Waals surface area (Å²) in [5, 5.41) is 7.55. The molecule has 0 bridgehead atoms. The molecule has 9 heteroatoms. The number of urea groups is 1. The van der Waals surface area contributed by atoms with E-state index in [2.05, 4.69) is 20.9 Å². The van der Waals surface area contributed by atoms with Gasteiger partial charge in [-0.15, -0.1) is 0 Å². The number of nitrogens with zero attached hydrogens (tertiary/aromatic N) is 2. The van der Waals surface area contributed by atoms with Crippen molar-refractivity contribution in [2.24, 2.45) is 0 Å². The van der Waals surface area contributed by atoms with E-state index in [9.17, 15) is 19.2 Å². The number of imide groups is 1. The second kappa shape index (κ2) is 8.09. The third kappa shape index (κ3) is 4.88. The summed E-state index contributed by atoms with van der Waals surface area (Å²) in [6, 6.07) is 9.77. The first-order valence-electron chi connectivity index (χ1n) is 8.17. The predicted molar refractivity (Wildman–Crippen MR) is 95.6 cm³/mol. The first kappa shape index (κ1) is 18.1. The maximum atomic E-state index is 12.1. The molecule has 0 unspecified atom stereocenters. The number of carbonyl (C=O) groups excluding carboxylic acids is 4. The molecule has 0 spiro atoms. The van der Waals surface area contributed by atoms with Crippen LogP contribution in [0.1, 0.15) is 15.9 Å². The molecule has 1 aliphatic heterocycles. The number of amides is 5. The second-order valence-electron chi connectivity index (χ2n) is 5.88. The molecular formula is C18H17N5O4. The van der Waals surface area contributed by atoms with Gasteiger partial charge in [-0.05, 0) is 29.8 Å². The van der Waals surface area contributed by atoms with Crippen molar-refractivity contribution in [3.8, 4) is 0 Å². The quantitative estimate of drug-likeness (QED) is 0.642. The molecule has 0 radical (unpaired) electrons. The van der Waals surface area contributed by atoms with Crippen LogP contribution in [-0.4, -0.2) is 46.7 Å².